The van der Waals surface area contributed by atoms with Crippen molar-refractivity contribution < 1.29 is 17.9 Å². The van der Waals surface area contributed by atoms with Crippen LogP contribution < -0.4 is 0 Å². The Hall–Kier alpha value is -0.580. The first-order valence-corrected chi connectivity index (χ1v) is 6.91. The summed E-state index contributed by atoms with van der Waals surface area (Å²) >= 11 is 0. The smallest absolute Gasteiger partial charge is 0.327 e. The Morgan fingerprint density at radius 2 is 1.87 bits per heavy atom. The van der Waals surface area contributed by atoms with Gasteiger partial charge in [-0.3, -0.25) is 4.79 Å². The van der Waals surface area contributed by atoms with Gasteiger partial charge in [-0.2, -0.15) is 0 Å². The Labute approximate surface area is 91.9 Å². The fraction of sp³-hybridized carbons (Fsp3) is 0.900. The minimum Gasteiger partial charge on any atom is -0.464 e. The molecule has 0 saturated carbocycles. The second-order valence-corrected chi connectivity index (χ2v) is 6.79. The Bertz CT molecular complexity index is 318. The number of rotatable bonds is 5. The summed E-state index contributed by atoms with van der Waals surface area (Å²) in [4.78, 5) is 11.6. The number of carbonyl (C=O) groups is 1. The van der Waals surface area contributed by atoms with Crippen molar-refractivity contribution >= 4 is 15.8 Å². The van der Waals surface area contributed by atoms with Crippen LogP contribution in [0.5, 0.6) is 0 Å². The molecule has 4 nitrogen and oxygen atoms in total. The number of ether oxygens (including phenoxy) is 1. The quantitative estimate of drug-likeness (QED) is 0.677. The zero-order chi connectivity index (χ0) is 12.3. The highest BCUT2D eigenvalue weighted by Gasteiger charge is 2.43. The lowest BCUT2D eigenvalue weighted by atomic mass is 10.1. The predicted molar refractivity (Wildman–Crippen MR) is 59.3 cm³/mol. The molecule has 5 heteroatoms. The lowest BCUT2D eigenvalue weighted by molar-refractivity contribution is -0.147. The molecule has 0 saturated heterocycles. The number of hydrogen-bond donors (Lipinski definition) is 0. The SMILES string of the molecule is CCC(C)(C(=O)OCC(C)C)S(C)(=O)=O. The predicted octanol–water partition coefficient (Wildman–Crippen LogP) is 1.40. The second-order valence-electron chi connectivity index (χ2n) is 4.35. The summed E-state index contributed by atoms with van der Waals surface area (Å²) in [6.07, 6.45) is 1.29. The first-order valence-electron chi connectivity index (χ1n) is 5.02. The van der Waals surface area contributed by atoms with Crippen LogP contribution in [0.4, 0.5) is 0 Å². The van der Waals surface area contributed by atoms with E-state index in [1.165, 1.54) is 6.92 Å². The normalized spacial score (nSPS) is 16.1. The van der Waals surface area contributed by atoms with Crippen molar-refractivity contribution in [2.24, 2.45) is 5.92 Å². The molecule has 0 aliphatic carbocycles. The monoisotopic (exact) mass is 236 g/mol. The van der Waals surface area contributed by atoms with Crippen molar-refractivity contribution in [3.05, 3.63) is 0 Å². The Morgan fingerprint density at radius 3 is 2.13 bits per heavy atom. The van der Waals surface area contributed by atoms with Gasteiger partial charge in [-0.15, -0.1) is 0 Å². The van der Waals surface area contributed by atoms with Gasteiger partial charge in [0.15, 0.2) is 14.6 Å². The zero-order valence-electron chi connectivity index (χ0n) is 10.0. The van der Waals surface area contributed by atoms with Crippen LogP contribution in [0, 0.1) is 5.92 Å². The van der Waals surface area contributed by atoms with Gasteiger partial charge >= 0.3 is 5.97 Å². The van der Waals surface area contributed by atoms with Crippen LogP contribution >= 0.6 is 0 Å². The van der Waals surface area contributed by atoms with E-state index in [0.29, 0.717) is 0 Å². The maximum absolute atomic E-state index is 11.6. The second kappa shape index (κ2) is 4.96. The molecule has 15 heavy (non-hydrogen) atoms. The summed E-state index contributed by atoms with van der Waals surface area (Å²) in [7, 11) is -3.44. The van der Waals surface area contributed by atoms with Crippen LogP contribution in [-0.2, 0) is 19.4 Å². The van der Waals surface area contributed by atoms with Crippen molar-refractivity contribution in [1.82, 2.24) is 0 Å². The van der Waals surface area contributed by atoms with Crippen LogP contribution in [0.2, 0.25) is 0 Å². The minimum atomic E-state index is -3.44. The molecule has 0 bridgehead atoms. The molecule has 0 aliphatic rings. The fourth-order valence-electron chi connectivity index (χ4n) is 0.953. The molecule has 0 heterocycles. The highest BCUT2D eigenvalue weighted by atomic mass is 32.2. The standard InChI is InChI=1S/C10H20O4S/c1-6-10(4,15(5,12)13)9(11)14-7-8(2)3/h8H,6-7H2,1-5H3. The van der Waals surface area contributed by atoms with E-state index in [-0.39, 0.29) is 18.9 Å². The highest BCUT2D eigenvalue weighted by Crippen LogP contribution is 2.22. The van der Waals surface area contributed by atoms with E-state index >= 15 is 0 Å². The van der Waals surface area contributed by atoms with E-state index in [9.17, 15) is 13.2 Å². The summed E-state index contributed by atoms with van der Waals surface area (Å²) in [5, 5.41) is 0. The van der Waals surface area contributed by atoms with Crippen molar-refractivity contribution in [1.29, 1.82) is 0 Å². The van der Waals surface area contributed by atoms with Crippen molar-refractivity contribution in [3.8, 4) is 0 Å². The van der Waals surface area contributed by atoms with Crippen LogP contribution in [0.1, 0.15) is 34.1 Å². The van der Waals surface area contributed by atoms with Crippen molar-refractivity contribution in [2.75, 3.05) is 12.9 Å². The van der Waals surface area contributed by atoms with Gasteiger partial charge in [-0.05, 0) is 19.3 Å². The molecule has 0 aromatic rings. The van der Waals surface area contributed by atoms with Gasteiger partial charge in [0.1, 0.15) is 0 Å². The molecule has 0 spiro atoms. The van der Waals surface area contributed by atoms with Crippen LogP contribution in [0.25, 0.3) is 0 Å². The molecular formula is C10H20O4S. The van der Waals surface area contributed by atoms with E-state index < -0.39 is 20.6 Å². The Morgan fingerprint density at radius 1 is 1.40 bits per heavy atom. The third-order valence-corrected chi connectivity index (χ3v) is 4.56. The number of carbonyl (C=O) groups excluding carboxylic acids is 1. The molecule has 0 N–H and O–H groups in total. The molecule has 0 rings (SSSR count). The van der Waals surface area contributed by atoms with E-state index in [1.807, 2.05) is 13.8 Å². The van der Waals surface area contributed by atoms with Gasteiger partial charge < -0.3 is 4.74 Å². The summed E-state index contributed by atoms with van der Waals surface area (Å²) in [6, 6.07) is 0. The van der Waals surface area contributed by atoms with E-state index in [1.54, 1.807) is 6.92 Å². The van der Waals surface area contributed by atoms with Crippen LogP contribution in [-0.4, -0.2) is 32.0 Å². The van der Waals surface area contributed by atoms with Gasteiger partial charge in [0, 0.05) is 6.26 Å². The molecule has 0 fully saturated rings. The molecule has 0 aliphatic heterocycles. The van der Waals surface area contributed by atoms with E-state index in [4.69, 9.17) is 4.74 Å². The molecule has 0 amide bonds. The van der Waals surface area contributed by atoms with E-state index in [0.717, 1.165) is 6.26 Å². The largest absolute Gasteiger partial charge is 0.464 e. The molecule has 0 aromatic heterocycles. The fourth-order valence-corrected chi connectivity index (χ4v) is 1.84. The van der Waals surface area contributed by atoms with Gasteiger partial charge in [0.2, 0.25) is 0 Å². The zero-order valence-corrected chi connectivity index (χ0v) is 10.8. The lowest BCUT2D eigenvalue weighted by Crippen LogP contribution is -2.44. The summed E-state index contributed by atoms with van der Waals surface area (Å²) < 4.78 is 26.5. The molecule has 1 unspecified atom stereocenters. The lowest BCUT2D eigenvalue weighted by Gasteiger charge is -2.24. The topological polar surface area (TPSA) is 60.4 Å². The van der Waals surface area contributed by atoms with Gasteiger partial charge in [0.05, 0.1) is 6.61 Å². The molecule has 0 radical (unpaired) electrons. The van der Waals surface area contributed by atoms with E-state index in [2.05, 4.69) is 0 Å². The van der Waals surface area contributed by atoms with Crippen LogP contribution in [0.15, 0.2) is 0 Å². The van der Waals surface area contributed by atoms with Crippen molar-refractivity contribution in [2.45, 2.75) is 38.9 Å². The van der Waals surface area contributed by atoms with Gasteiger partial charge in [-0.1, -0.05) is 20.8 Å². The molecule has 0 aromatic carbocycles. The van der Waals surface area contributed by atoms with Gasteiger partial charge in [-0.25, -0.2) is 8.42 Å². The highest BCUT2D eigenvalue weighted by molar-refractivity contribution is 7.92. The Balaban J connectivity index is 4.76. The Kier molecular flexibility index (Phi) is 4.77. The van der Waals surface area contributed by atoms with Crippen LogP contribution in [0.3, 0.4) is 0 Å². The third kappa shape index (κ3) is 3.48. The average molecular weight is 236 g/mol. The van der Waals surface area contributed by atoms with Crippen molar-refractivity contribution in [3.63, 3.8) is 0 Å². The number of sulfone groups is 1. The molecule has 90 valence electrons. The minimum absolute atomic E-state index is 0.203. The third-order valence-electron chi connectivity index (χ3n) is 2.47. The summed E-state index contributed by atoms with van der Waals surface area (Å²) in [5.74, 6) is -0.448. The number of esters is 1. The average Bonchev–Trinajstić information content (AvgIpc) is 2.10. The number of hydrogen-bond acceptors (Lipinski definition) is 4. The molecule has 1 atom stereocenters. The first-order chi connectivity index (χ1) is 6.65. The molecular weight excluding hydrogens is 216 g/mol. The maximum atomic E-state index is 11.6. The van der Waals surface area contributed by atoms with Gasteiger partial charge in [0.25, 0.3) is 0 Å². The summed E-state index contributed by atoms with van der Waals surface area (Å²) in [5.41, 5.74) is 0. The maximum Gasteiger partial charge on any atom is 0.327 e. The first kappa shape index (κ1) is 14.4. The summed E-state index contributed by atoms with van der Waals surface area (Å²) in [6.45, 7) is 7.13.